The molecule has 104 valence electrons. The van der Waals surface area contributed by atoms with E-state index in [1.165, 1.54) is 18.2 Å². The van der Waals surface area contributed by atoms with Gasteiger partial charge in [0.1, 0.15) is 0 Å². The molecule has 1 aliphatic rings. The lowest BCUT2D eigenvalue weighted by molar-refractivity contribution is -0.134. The van der Waals surface area contributed by atoms with Crippen LogP contribution in [-0.2, 0) is 9.59 Å². The maximum atomic E-state index is 11.3. The summed E-state index contributed by atoms with van der Waals surface area (Å²) in [6.45, 7) is 15.1. The second-order valence-corrected chi connectivity index (χ2v) is 2.76. The van der Waals surface area contributed by atoms with E-state index < -0.39 is 0 Å². The minimum atomic E-state index is -0.349. The fourth-order valence-corrected chi connectivity index (χ4v) is 1.12. The molecule has 0 saturated heterocycles. The molecular weight excluding hydrogens is 238 g/mol. The number of carbonyl (C=O) groups is 2. The predicted octanol–water partition coefficient (Wildman–Crippen LogP) is 3.78. The average molecular weight is 261 g/mol. The molecule has 0 aromatic heterocycles. The van der Waals surface area contributed by atoms with Crippen LogP contribution < -0.4 is 0 Å². The summed E-state index contributed by atoms with van der Waals surface area (Å²) in [5, 5.41) is 0. The highest BCUT2D eigenvalue weighted by Gasteiger charge is 2.24. The van der Waals surface area contributed by atoms with Crippen LogP contribution in [0, 0.1) is 0 Å². The number of hydrogen-bond acceptors (Lipinski definition) is 2. The van der Waals surface area contributed by atoms with Gasteiger partial charge >= 0.3 is 0 Å². The lowest BCUT2D eigenvalue weighted by Crippen LogP contribution is -2.28. The smallest absolute Gasteiger partial charge is 0.258 e. The van der Waals surface area contributed by atoms with E-state index in [2.05, 4.69) is 13.2 Å². The van der Waals surface area contributed by atoms with Crippen molar-refractivity contribution in [2.45, 2.75) is 27.7 Å². The second-order valence-electron chi connectivity index (χ2n) is 2.76. The standard InChI is InChI=1S/C12H11NO2.2C2H6/c1-3-5-6-7-10(4-2)13-11(14)8-9-12(13)15;2*1-2/h3-9H,1-2H2;2*1-2H3/b6-5-,10-7+;;. The maximum absolute atomic E-state index is 11.3. The van der Waals surface area contributed by atoms with Crippen molar-refractivity contribution in [3.05, 3.63) is 61.4 Å². The molecule has 0 atom stereocenters. The van der Waals surface area contributed by atoms with Crippen molar-refractivity contribution in [1.82, 2.24) is 4.90 Å². The topological polar surface area (TPSA) is 37.4 Å². The van der Waals surface area contributed by atoms with Gasteiger partial charge in [0, 0.05) is 12.2 Å². The summed E-state index contributed by atoms with van der Waals surface area (Å²) >= 11 is 0. The van der Waals surface area contributed by atoms with Gasteiger partial charge in [0.25, 0.3) is 11.8 Å². The molecule has 0 saturated carbocycles. The Kier molecular flexibility index (Phi) is 12.4. The molecule has 0 bridgehead atoms. The normalized spacial score (nSPS) is 13.7. The third kappa shape index (κ3) is 6.36. The van der Waals surface area contributed by atoms with E-state index >= 15 is 0 Å². The zero-order valence-electron chi connectivity index (χ0n) is 12.2. The molecule has 0 fully saturated rings. The lowest BCUT2D eigenvalue weighted by atomic mass is 10.3. The first kappa shape index (κ1) is 19.2. The summed E-state index contributed by atoms with van der Waals surface area (Å²) in [7, 11) is 0. The zero-order chi connectivity index (χ0) is 15.3. The highest BCUT2D eigenvalue weighted by Crippen LogP contribution is 2.13. The van der Waals surface area contributed by atoms with Crippen molar-refractivity contribution in [3.63, 3.8) is 0 Å². The first-order chi connectivity index (χ1) is 9.20. The van der Waals surface area contributed by atoms with E-state index in [-0.39, 0.29) is 11.8 Å². The number of allylic oxidation sites excluding steroid dienone is 5. The first-order valence-corrected chi connectivity index (χ1v) is 6.38. The Morgan fingerprint density at radius 3 is 1.84 bits per heavy atom. The van der Waals surface area contributed by atoms with Gasteiger partial charge in [-0.15, -0.1) is 0 Å². The van der Waals surface area contributed by atoms with E-state index in [1.54, 1.807) is 24.3 Å². The minimum absolute atomic E-state index is 0.349. The number of hydrogen-bond donors (Lipinski definition) is 0. The Morgan fingerprint density at radius 2 is 1.47 bits per heavy atom. The third-order valence-corrected chi connectivity index (χ3v) is 1.79. The molecule has 0 aromatic rings. The maximum Gasteiger partial charge on any atom is 0.258 e. The van der Waals surface area contributed by atoms with Gasteiger partial charge in [0.15, 0.2) is 0 Å². The Bertz CT molecular complexity index is 383. The Hall–Kier alpha value is -2.16. The molecule has 0 spiro atoms. The molecule has 0 radical (unpaired) electrons. The summed E-state index contributed by atoms with van der Waals surface area (Å²) in [5.41, 5.74) is 0.452. The van der Waals surface area contributed by atoms with Crippen LogP contribution in [0.2, 0.25) is 0 Å². The van der Waals surface area contributed by atoms with Crippen molar-refractivity contribution in [1.29, 1.82) is 0 Å². The van der Waals surface area contributed by atoms with Gasteiger partial charge in [-0.05, 0) is 12.2 Å². The number of nitrogens with zero attached hydrogens (tertiary/aromatic N) is 1. The quantitative estimate of drug-likeness (QED) is 0.570. The van der Waals surface area contributed by atoms with Gasteiger partial charge < -0.3 is 0 Å². The van der Waals surface area contributed by atoms with E-state index in [0.29, 0.717) is 5.70 Å². The van der Waals surface area contributed by atoms with Crippen LogP contribution in [0.25, 0.3) is 0 Å². The molecule has 2 amide bonds. The van der Waals surface area contributed by atoms with E-state index in [9.17, 15) is 9.59 Å². The summed E-state index contributed by atoms with van der Waals surface area (Å²) < 4.78 is 0. The summed E-state index contributed by atoms with van der Waals surface area (Å²) in [4.78, 5) is 23.7. The number of rotatable bonds is 4. The molecule has 19 heavy (non-hydrogen) atoms. The van der Waals surface area contributed by atoms with Gasteiger partial charge in [-0.2, -0.15) is 0 Å². The summed E-state index contributed by atoms with van der Waals surface area (Å²) in [6.07, 6.45) is 10.5. The van der Waals surface area contributed by atoms with Crippen LogP contribution in [0.15, 0.2) is 61.4 Å². The van der Waals surface area contributed by atoms with Crippen LogP contribution in [0.3, 0.4) is 0 Å². The largest absolute Gasteiger partial charge is 0.269 e. The van der Waals surface area contributed by atoms with Crippen LogP contribution in [0.5, 0.6) is 0 Å². The van der Waals surface area contributed by atoms with E-state index in [4.69, 9.17) is 0 Å². The Balaban J connectivity index is 0. The third-order valence-electron chi connectivity index (χ3n) is 1.79. The predicted molar refractivity (Wildman–Crippen MR) is 81.3 cm³/mol. The average Bonchev–Trinajstić information content (AvgIpc) is 2.80. The van der Waals surface area contributed by atoms with Crippen molar-refractivity contribution in [2.75, 3.05) is 0 Å². The van der Waals surface area contributed by atoms with Crippen molar-refractivity contribution in [2.24, 2.45) is 0 Å². The van der Waals surface area contributed by atoms with Crippen LogP contribution in [0.1, 0.15) is 27.7 Å². The van der Waals surface area contributed by atoms with Crippen molar-refractivity contribution < 1.29 is 9.59 Å². The minimum Gasteiger partial charge on any atom is -0.269 e. The second kappa shape index (κ2) is 12.3. The molecule has 3 nitrogen and oxygen atoms in total. The van der Waals surface area contributed by atoms with E-state index in [0.717, 1.165) is 4.90 Å². The van der Waals surface area contributed by atoms with Gasteiger partial charge in [0.2, 0.25) is 0 Å². The van der Waals surface area contributed by atoms with Gasteiger partial charge in [-0.3, -0.25) is 9.59 Å². The Morgan fingerprint density at radius 1 is 1.00 bits per heavy atom. The molecule has 1 heterocycles. The zero-order valence-corrected chi connectivity index (χ0v) is 12.2. The molecule has 0 unspecified atom stereocenters. The SMILES string of the molecule is C=C/C=C\C=C(/C=C)N1C(=O)C=CC1=O.CC.CC. The lowest BCUT2D eigenvalue weighted by Gasteiger charge is -2.13. The molecule has 0 aliphatic carbocycles. The molecule has 0 aromatic carbocycles. The highest BCUT2D eigenvalue weighted by molar-refractivity contribution is 6.14. The summed E-state index contributed by atoms with van der Waals surface area (Å²) in [5.74, 6) is -0.698. The monoisotopic (exact) mass is 261 g/mol. The Labute approximate surface area is 116 Å². The number of amides is 2. The number of imide groups is 1. The first-order valence-electron chi connectivity index (χ1n) is 6.38. The van der Waals surface area contributed by atoms with Crippen molar-refractivity contribution in [3.8, 4) is 0 Å². The number of carbonyl (C=O) groups excluding carboxylic acids is 2. The van der Waals surface area contributed by atoms with Crippen LogP contribution in [0.4, 0.5) is 0 Å². The molecule has 0 N–H and O–H groups in total. The molecule has 1 rings (SSSR count). The molecule has 1 aliphatic heterocycles. The molecule has 3 heteroatoms. The van der Waals surface area contributed by atoms with Gasteiger partial charge in [0.05, 0.1) is 5.70 Å². The summed E-state index contributed by atoms with van der Waals surface area (Å²) in [6, 6.07) is 0. The molecular formula is C16H23NO2. The van der Waals surface area contributed by atoms with Crippen molar-refractivity contribution >= 4 is 11.8 Å². The van der Waals surface area contributed by atoms with Crippen LogP contribution in [-0.4, -0.2) is 16.7 Å². The van der Waals surface area contributed by atoms with E-state index in [1.807, 2.05) is 27.7 Å². The fraction of sp³-hybridized carbons (Fsp3) is 0.250. The van der Waals surface area contributed by atoms with Gasteiger partial charge in [-0.25, -0.2) is 4.90 Å². The van der Waals surface area contributed by atoms with Crippen LogP contribution >= 0.6 is 0 Å². The van der Waals surface area contributed by atoms with Gasteiger partial charge in [-0.1, -0.05) is 59.1 Å². The highest BCUT2D eigenvalue weighted by atomic mass is 16.2. The fourth-order valence-electron chi connectivity index (χ4n) is 1.12.